The van der Waals surface area contributed by atoms with Gasteiger partial charge >= 0.3 is 0 Å². The van der Waals surface area contributed by atoms with Crippen molar-refractivity contribution in [3.63, 3.8) is 0 Å². The Morgan fingerprint density at radius 1 is 1.62 bits per heavy atom. The van der Waals surface area contributed by atoms with E-state index in [9.17, 15) is 0 Å². The van der Waals surface area contributed by atoms with E-state index in [0.717, 1.165) is 12.0 Å². The summed E-state index contributed by atoms with van der Waals surface area (Å²) in [6.07, 6.45) is 2.85. The van der Waals surface area contributed by atoms with Gasteiger partial charge in [-0.3, -0.25) is 0 Å². The molecule has 45 valence electrons. The summed E-state index contributed by atoms with van der Waals surface area (Å²) in [7, 11) is 0. The number of fused-ring (bicyclic) bond motifs is 1. The van der Waals surface area contributed by atoms with Gasteiger partial charge in [0.05, 0.1) is 0 Å². The summed E-state index contributed by atoms with van der Waals surface area (Å²) in [5.41, 5.74) is 0. The highest BCUT2D eigenvalue weighted by Gasteiger charge is 2.39. The average molecular weight is 110 g/mol. The van der Waals surface area contributed by atoms with Crippen LogP contribution in [0.4, 0.5) is 0 Å². The molecule has 0 aromatic carbocycles. The van der Waals surface area contributed by atoms with Gasteiger partial charge in [0.25, 0.3) is 0 Å². The quantitative estimate of drug-likeness (QED) is 0.490. The second-order valence-electron chi connectivity index (χ2n) is 2.94. The SMILES string of the molecule is CC1NCC2CC[C]21. The van der Waals surface area contributed by atoms with Crippen LogP contribution in [-0.4, -0.2) is 12.6 Å². The van der Waals surface area contributed by atoms with Crippen molar-refractivity contribution in [3.05, 3.63) is 5.92 Å². The molecule has 1 aliphatic heterocycles. The minimum absolute atomic E-state index is 0.744. The zero-order valence-corrected chi connectivity index (χ0v) is 5.28. The Morgan fingerprint density at radius 2 is 2.50 bits per heavy atom. The van der Waals surface area contributed by atoms with Gasteiger partial charge in [-0.2, -0.15) is 0 Å². The molecule has 1 N–H and O–H groups in total. The van der Waals surface area contributed by atoms with Crippen molar-refractivity contribution < 1.29 is 0 Å². The lowest BCUT2D eigenvalue weighted by Crippen LogP contribution is -2.26. The van der Waals surface area contributed by atoms with Crippen molar-refractivity contribution in [1.82, 2.24) is 5.32 Å². The van der Waals surface area contributed by atoms with E-state index >= 15 is 0 Å². The van der Waals surface area contributed by atoms with E-state index in [2.05, 4.69) is 12.2 Å². The van der Waals surface area contributed by atoms with Crippen molar-refractivity contribution in [3.8, 4) is 0 Å². The molecule has 2 unspecified atom stereocenters. The van der Waals surface area contributed by atoms with Gasteiger partial charge in [-0.15, -0.1) is 0 Å². The van der Waals surface area contributed by atoms with E-state index in [4.69, 9.17) is 0 Å². The van der Waals surface area contributed by atoms with Gasteiger partial charge < -0.3 is 5.32 Å². The standard InChI is InChI=1S/C7H12N/c1-5-7-3-2-6(7)4-8-5/h5-6,8H,2-4H2,1H3. The summed E-state index contributed by atoms with van der Waals surface area (Å²) in [5, 5.41) is 3.44. The van der Waals surface area contributed by atoms with Crippen LogP contribution in [0, 0.1) is 11.8 Å². The molecule has 1 saturated carbocycles. The number of hydrogen-bond donors (Lipinski definition) is 1. The fraction of sp³-hybridized carbons (Fsp3) is 0.857. The van der Waals surface area contributed by atoms with E-state index in [-0.39, 0.29) is 0 Å². The molecular formula is C7H12N. The van der Waals surface area contributed by atoms with E-state index in [1.54, 1.807) is 5.92 Å². The Bertz CT molecular complexity index is 94.6. The summed E-state index contributed by atoms with van der Waals surface area (Å²) in [6, 6.07) is 0.744. The highest BCUT2D eigenvalue weighted by Crippen LogP contribution is 2.41. The van der Waals surface area contributed by atoms with Crippen LogP contribution >= 0.6 is 0 Å². The Labute approximate surface area is 50.5 Å². The Hall–Kier alpha value is -0.0400. The van der Waals surface area contributed by atoms with Crippen molar-refractivity contribution in [2.24, 2.45) is 5.92 Å². The lowest BCUT2D eigenvalue weighted by molar-refractivity contribution is 0.403. The first-order valence-electron chi connectivity index (χ1n) is 3.47. The average Bonchev–Trinajstić information content (AvgIpc) is 1.80. The lowest BCUT2D eigenvalue weighted by atomic mass is 9.73. The second-order valence-corrected chi connectivity index (χ2v) is 2.94. The van der Waals surface area contributed by atoms with Crippen molar-refractivity contribution >= 4 is 0 Å². The molecular weight excluding hydrogens is 98.1 g/mol. The van der Waals surface area contributed by atoms with Gasteiger partial charge in [0.1, 0.15) is 0 Å². The van der Waals surface area contributed by atoms with Crippen LogP contribution in [0.5, 0.6) is 0 Å². The maximum atomic E-state index is 3.44. The van der Waals surface area contributed by atoms with Gasteiger partial charge in [0.2, 0.25) is 0 Å². The summed E-state index contributed by atoms with van der Waals surface area (Å²) in [4.78, 5) is 0. The predicted octanol–water partition coefficient (Wildman–Crippen LogP) is 0.963. The second kappa shape index (κ2) is 1.47. The summed E-state index contributed by atoms with van der Waals surface area (Å²) in [6.45, 7) is 3.53. The van der Waals surface area contributed by atoms with E-state index in [1.165, 1.54) is 19.4 Å². The Kier molecular flexibility index (Phi) is 0.884. The third kappa shape index (κ3) is 0.455. The summed E-state index contributed by atoms with van der Waals surface area (Å²) < 4.78 is 0. The third-order valence-corrected chi connectivity index (χ3v) is 2.53. The fourth-order valence-corrected chi connectivity index (χ4v) is 1.77. The minimum Gasteiger partial charge on any atom is -0.313 e. The van der Waals surface area contributed by atoms with Gasteiger partial charge in [-0.25, -0.2) is 0 Å². The molecule has 8 heavy (non-hydrogen) atoms. The molecule has 1 heteroatoms. The molecule has 2 aliphatic rings. The molecule has 0 aromatic rings. The fourth-order valence-electron chi connectivity index (χ4n) is 1.77. The molecule has 1 heterocycles. The minimum atomic E-state index is 0.744. The highest BCUT2D eigenvalue weighted by molar-refractivity contribution is 5.17. The topological polar surface area (TPSA) is 12.0 Å². The molecule has 0 spiro atoms. The van der Waals surface area contributed by atoms with Gasteiger partial charge in [0, 0.05) is 6.04 Å². The molecule has 1 saturated heterocycles. The van der Waals surface area contributed by atoms with Crippen molar-refractivity contribution in [2.45, 2.75) is 25.8 Å². The van der Waals surface area contributed by atoms with E-state index < -0.39 is 0 Å². The zero-order valence-electron chi connectivity index (χ0n) is 5.28. The van der Waals surface area contributed by atoms with Crippen LogP contribution in [0.15, 0.2) is 0 Å². The summed E-state index contributed by atoms with van der Waals surface area (Å²) >= 11 is 0. The third-order valence-electron chi connectivity index (χ3n) is 2.53. The number of rotatable bonds is 0. The number of hydrogen-bond acceptors (Lipinski definition) is 1. The first-order chi connectivity index (χ1) is 3.88. The first kappa shape index (κ1) is 4.80. The van der Waals surface area contributed by atoms with Gasteiger partial charge in [-0.05, 0) is 38.1 Å². The van der Waals surface area contributed by atoms with E-state index in [0.29, 0.717) is 0 Å². The van der Waals surface area contributed by atoms with Gasteiger partial charge in [0.15, 0.2) is 0 Å². The Morgan fingerprint density at radius 3 is 2.75 bits per heavy atom. The maximum absolute atomic E-state index is 3.44. The monoisotopic (exact) mass is 110 g/mol. The van der Waals surface area contributed by atoms with Gasteiger partial charge in [-0.1, -0.05) is 0 Å². The molecule has 2 fully saturated rings. The van der Waals surface area contributed by atoms with Crippen LogP contribution < -0.4 is 5.32 Å². The Balaban J connectivity index is 2.05. The predicted molar refractivity (Wildman–Crippen MR) is 33.4 cm³/mol. The van der Waals surface area contributed by atoms with Crippen LogP contribution in [0.25, 0.3) is 0 Å². The summed E-state index contributed by atoms with van der Waals surface area (Å²) in [5.74, 6) is 2.76. The molecule has 1 aliphatic carbocycles. The van der Waals surface area contributed by atoms with E-state index in [1.807, 2.05) is 0 Å². The normalized spacial score (nSPS) is 46.1. The van der Waals surface area contributed by atoms with Crippen LogP contribution in [0.1, 0.15) is 19.8 Å². The highest BCUT2D eigenvalue weighted by atomic mass is 15.0. The molecule has 0 bridgehead atoms. The molecule has 2 atom stereocenters. The zero-order chi connectivity index (χ0) is 5.56. The molecule has 1 radical (unpaired) electrons. The smallest absolute Gasteiger partial charge is 0.0104 e. The molecule has 1 nitrogen and oxygen atoms in total. The molecule has 0 aromatic heterocycles. The van der Waals surface area contributed by atoms with Crippen molar-refractivity contribution in [1.29, 1.82) is 0 Å². The first-order valence-corrected chi connectivity index (χ1v) is 3.47. The maximum Gasteiger partial charge on any atom is 0.0104 e. The van der Waals surface area contributed by atoms with Crippen molar-refractivity contribution in [2.75, 3.05) is 6.54 Å². The number of nitrogens with one attached hydrogen (secondary N) is 1. The van der Waals surface area contributed by atoms with Crippen LogP contribution in [-0.2, 0) is 0 Å². The van der Waals surface area contributed by atoms with Crippen LogP contribution in [0.3, 0.4) is 0 Å². The lowest BCUT2D eigenvalue weighted by Gasteiger charge is -2.30. The molecule has 2 rings (SSSR count). The van der Waals surface area contributed by atoms with Crippen LogP contribution in [0.2, 0.25) is 0 Å². The largest absolute Gasteiger partial charge is 0.313 e. The molecule has 0 amide bonds.